The zero-order valence-corrected chi connectivity index (χ0v) is 13.1. The van der Waals surface area contributed by atoms with Crippen LogP contribution in [0.3, 0.4) is 0 Å². The van der Waals surface area contributed by atoms with Crippen molar-refractivity contribution in [3.8, 4) is 11.5 Å². The third-order valence-electron chi connectivity index (χ3n) is 1.60. The van der Waals surface area contributed by atoms with Crippen molar-refractivity contribution < 1.29 is 36.2 Å². The predicted octanol–water partition coefficient (Wildman–Crippen LogP) is -0.790. The van der Waals surface area contributed by atoms with Crippen molar-refractivity contribution >= 4 is 71.6 Å². The first-order valence-electron chi connectivity index (χ1n) is 3.54. The van der Waals surface area contributed by atoms with Crippen molar-refractivity contribution in [1.29, 1.82) is 0 Å². The van der Waals surface area contributed by atoms with Gasteiger partial charge in [0, 0.05) is 63.5 Å². The van der Waals surface area contributed by atoms with E-state index in [2.05, 4.69) is 0 Å². The van der Waals surface area contributed by atoms with E-state index >= 15 is 0 Å². The summed E-state index contributed by atoms with van der Waals surface area (Å²) in [6.07, 6.45) is 0. The Labute approximate surface area is 139 Å². The number of rotatable bonds is 2. The Morgan fingerprint density at radius 2 is 1.00 bits per heavy atom. The van der Waals surface area contributed by atoms with Gasteiger partial charge in [-0.1, -0.05) is 0 Å². The third kappa shape index (κ3) is 4.15. The van der Waals surface area contributed by atoms with Crippen molar-refractivity contribution in [1.82, 2.24) is 0 Å². The summed E-state index contributed by atoms with van der Waals surface area (Å²) in [7, 11) is -9.61. The van der Waals surface area contributed by atoms with Crippen molar-refractivity contribution in [3.05, 3.63) is 12.1 Å². The second kappa shape index (κ2) is 5.50. The van der Waals surface area contributed by atoms with Gasteiger partial charge in [-0.3, -0.25) is 9.11 Å². The minimum absolute atomic E-state index is 0. The van der Waals surface area contributed by atoms with Gasteiger partial charge in [-0.25, -0.2) is 0 Å². The van der Waals surface area contributed by atoms with Gasteiger partial charge in [0.25, 0.3) is 20.2 Å². The van der Waals surface area contributed by atoms with Crippen LogP contribution in [0.1, 0.15) is 0 Å². The van der Waals surface area contributed by atoms with E-state index in [1.807, 2.05) is 0 Å². The number of hydrogen-bond acceptors (Lipinski definition) is 6. The average molecular weight is 309 g/mol. The molecule has 0 atom stereocenters. The Balaban J connectivity index is 0.00000256. The van der Waals surface area contributed by atoms with Crippen LogP contribution in [0.15, 0.2) is 21.9 Å². The SMILES string of the molecule is O=S(=O)(O)c1cc(O)c(S(=O)(=O)O)cc1O.[K]. The first-order chi connectivity index (χ1) is 7.03. The molecule has 0 heterocycles. The zero-order chi connectivity index (χ0) is 12.7. The van der Waals surface area contributed by atoms with Crippen molar-refractivity contribution in [3.63, 3.8) is 0 Å². The zero-order valence-electron chi connectivity index (χ0n) is 8.39. The molecule has 0 saturated heterocycles. The molecule has 4 N–H and O–H groups in total. The van der Waals surface area contributed by atoms with Gasteiger partial charge >= 0.3 is 0 Å². The minimum Gasteiger partial charge on any atom is -0.506 e. The van der Waals surface area contributed by atoms with E-state index in [0.29, 0.717) is 12.1 Å². The molecule has 17 heavy (non-hydrogen) atoms. The number of aromatic hydroxyl groups is 2. The third-order valence-corrected chi connectivity index (χ3v) is 3.36. The maximum absolute atomic E-state index is 10.6. The molecule has 0 saturated carbocycles. The van der Waals surface area contributed by atoms with E-state index in [1.165, 1.54) is 0 Å². The molecule has 1 rings (SSSR count). The second-order valence-electron chi connectivity index (χ2n) is 2.74. The summed E-state index contributed by atoms with van der Waals surface area (Å²) in [5, 5.41) is 18.2. The smallest absolute Gasteiger partial charge is 0.298 e. The summed E-state index contributed by atoms with van der Waals surface area (Å²) >= 11 is 0. The molecule has 0 aromatic heterocycles. The quantitative estimate of drug-likeness (QED) is 0.315. The molecule has 1 aromatic rings. The number of phenolic OH excluding ortho intramolecular Hbond substituents is 2. The molecular weight excluding hydrogens is 303 g/mol. The van der Waals surface area contributed by atoms with Gasteiger partial charge in [-0.05, 0) is 0 Å². The van der Waals surface area contributed by atoms with Gasteiger partial charge in [-0.15, -0.1) is 0 Å². The fourth-order valence-electron chi connectivity index (χ4n) is 0.952. The molecule has 0 aliphatic carbocycles. The Bertz CT molecular complexity index is 574. The summed E-state index contributed by atoms with van der Waals surface area (Å²) in [5.41, 5.74) is 0. The van der Waals surface area contributed by atoms with Crippen molar-refractivity contribution in [2.45, 2.75) is 9.79 Å². The van der Waals surface area contributed by atoms with E-state index < -0.39 is 41.5 Å². The molecule has 91 valence electrons. The Morgan fingerprint density at radius 3 is 1.18 bits per heavy atom. The Morgan fingerprint density at radius 1 is 0.765 bits per heavy atom. The summed E-state index contributed by atoms with van der Waals surface area (Å²) in [5.74, 6) is -2.24. The van der Waals surface area contributed by atoms with Gasteiger partial charge < -0.3 is 10.2 Å². The first kappa shape index (κ1) is 17.3. The van der Waals surface area contributed by atoms with Crippen LogP contribution in [-0.2, 0) is 20.2 Å². The molecular formula is C6H6KO8S2. The molecule has 0 amide bonds. The largest absolute Gasteiger partial charge is 0.506 e. The number of phenols is 2. The molecule has 0 aliphatic rings. The number of benzene rings is 1. The second-order valence-corrected chi connectivity index (χ2v) is 5.52. The minimum atomic E-state index is -4.80. The van der Waals surface area contributed by atoms with E-state index in [-0.39, 0.29) is 51.4 Å². The maximum atomic E-state index is 10.6. The first-order valence-corrected chi connectivity index (χ1v) is 6.42. The van der Waals surface area contributed by atoms with Crippen LogP contribution in [0.2, 0.25) is 0 Å². The predicted molar refractivity (Wildman–Crippen MR) is 55.2 cm³/mol. The fourth-order valence-corrected chi connectivity index (χ4v) is 2.12. The Hall–Kier alpha value is 0.276. The van der Waals surface area contributed by atoms with E-state index in [0.717, 1.165) is 0 Å². The monoisotopic (exact) mass is 309 g/mol. The van der Waals surface area contributed by atoms with Gasteiger partial charge in [0.2, 0.25) is 0 Å². The van der Waals surface area contributed by atoms with Crippen LogP contribution in [0.4, 0.5) is 0 Å². The van der Waals surface area contributed by atoms with Crippen molar-refractivity contribution in [2.24, 2.45) is 0 Å². The Kier molecular flexibility index (Phi) is 5.59. The summed E-state index contributed by atoms with van der Waals surface area (Å²) < 4.78 is 59.7. The van der Waals surface area contributed by atoms with E-state index in [1.54, 1.807) is 0 Å². The van der Waals surface area contributed by atoms with Crippen LogP contribution in [0, 0.1) is 0 Å². The average Bonchev–Trinajstić information content (AvgIpc) is 2.04. The van der Waals surface area contributed by atoms with Gasteiger partial charge in [0.1, 0.15) is 21.3 Å². The van der Waals surface area contributed by atoms with Crippen molar-refractivity contribution in [2.75, 3.05) is 0 Å². The molecule has 0 fully saturated rings. The number of hydrogen-bond donors (Lipinski definition) is 4. The van der Waals surface area contributed by atoms with E-state index in [4.69, 9.17) is 19.3 Å². The molecule has 0 bridgehead atoms. The summed E-state index contributed by atoms with van der Waals surface area (Å²) in [6, 6.07) is 0.599. The van der Waals surface area contributed by atoms with Crippen LogP contribution >= 0.6 is 0 Å². The van der Waals surface area contributed by atoms with Gasteiger partial charge in [-0.2, -0.15) is 16.8 Å². The van der Waals surface area contributed by atoms with E-state index in [9.17, 15) is 16.8 Å². The molecule has 0 aliphatic heterocycles. The summed E-state index contributed by atoms with van der Waals surface area (Å²) in [6.45, 7) is 0. The molecule has 0 unspecified atom stereocenters. The van der Waals surface area contributed by atoms with Crippen LogP contribution in [0.5, 0.6) is 11.5 Å². The van der Waals surface area contributed by atoms with Crippen LogP contribution < -0.4 is 0 Å². The fraction of sp³-hybridized carbons (Fsp3) is 0. The maximum Gasteiger partial charge on any atom is 0.298 e. The van der Waals surface area contributed by atoms with Gasteiger partial charge in [0.15, 0.2) is 0 Å². The molecule has 11 heteroatoms. The summed E-state index contributed by atoms with van der Waals surface area (Å²) in [4.78, 5) is -2.14. The normalized spacial score (nSPS) is 11.9. The topological polar surface area (TPSA) is 149 Å². The molecule has 8 nitrogen and oxygen atoms in total. The standard InChI is InChI=1S/C6H6O8S2.K/c7-3-1-5(15(9,10)11)4(8)2-6(3)16(12,13)14;/h1-2,7-8H,(H,9,10,11)(H,12,13,14);. The molecule has 1 radical (unpaired) electrons. The molecule has 1 aromatic carbocycles. The van der Waals surface area contributed by atoms with Crippen LogP contribution in [-0.4, -0.2) is 87.5 Å². The molecule has 0 spiro atoms. The van der Waals surface area contributed by atoms with Gasteiger partial charge in [0.05, 0.1) is 0 Å². The van der Waals surface area contributed by atoms with Crippen LogP contribution in [0.25, 0.3) is 0 Å².